The summed E-state index contributed by atoms with van der Waals surface area (Å²) in [4.78, 5) is 17.0. The number of carbonyl (C=O) groups excluding carboxylic acids is 1. The summed E-state index contributed by atoms with van der Waals surface area (Å²) in [5.41, 5.74) is 5.48. The van der Waals surface area contributed by atoms with E-state index in [1.54, 1.807) is 11.3 Å². The van der Waals surface area contributed by atoms with Gasteiger partial charge < -0.3 is 0 Å². The zero-order chi connectivity index (χ0) is 15.3. The molecular formula is C17H15N3OS. The number of hydrogen-bond donors (Lipinski definition) is 0. The average Bonchev–Trinajstić information content (AvgIpc) is 3.16. The molecule has 0 unspecified atom stereocenters. The van der Waals surface area contributed by atoms with Crippen LogP contribution in [0, 0.1) is 0 Å². The molecule has 4 nitrogen and oxygen atoms in total. The minimum Gasteiger partial charge on any atom is -0.294 e. The Morgan fingerprint density at radius 2 is 2.23 bits per heavy atom. The van der Waals surface area contributed by atoms with E-state index < -0.39 is 0 Å². The van der Waals surface area contributed by atoms with Crippen LogP contribution in [0.5, 0.6) is 0 Å². The fourth-order valence-electron chi connectivity index (χ4n) is 2.74. The Bertz CT molecular complexity index is 904. The molecule has 0 bridgehead atoms. The summed E-state index contributed by atoms with van der Waals surface area (Å²) in [5.74, 6) is 0.480. The van der Waals surface area contributed by atoms with E-state index in [0.29, 0.717) is 12.3 Å². The molecule has 0 spiro atoms. The molecule has 0 aliphatic heterocycles. The number of nitrogens with zero attached hydrogens (tertiary/aromatic N) is 3. The Labute approximate surface area is 132 Å². The summed E-state index contributed by atoms with van der Waals surface area (Å²) in [5, 5.41) is 8.62. The number of thiophene rings is 1. The highest BCUT2D eigenvalue weighted by atomic mass is 32.1. The quantitative estimate of drug-likeness (QED) is 0.727. The van der Waals surface area contributed by atoms with Crippen molar-refractivity contribution in [1.29, 1.82) is 0 Å². The van der Waals surface area contributed by atoms with Gasteiger partial charge in [-0.2, -0.15) is 16.4 Å². The van der Waals surface area contributed by atoms with Crippen molar-refractivity contribution in [2.24, 2.45) is 0 Å². The number of hydrogen-bond acceptors (Lipinski definition) is 4. The second-order valence-electron chi connectivity index (χ2n) is 5.82. The molecule has 5 heteroatoms. The monoisotopic (exact) mass is 309 g/mol. The summed E-state index contributed by atoms with van der Waals surface area (Å²) >= 11 is 1.60. The molecule has 4 rings (SSSR count). The van der Waals surface area contributed by atoms with E-state index in [4.69, 9.17) is 0 Å². The molecule has 3 aromatic heterocycles. The van der Waals surface area contributed by atoms with Crippen molar-refractivity contribution in [3.63, 3.8) is 0 Å². The molecule has 3 aromatic rings. The molecular weight excluding hydrogens is 294 g/mol. The van der Waals surface area contributed by atoms with Crippen LogP contribution in [0.25, 0.3) is 17.3 Å². The van der Waals surface area contributed by atoms with Gasteiger partial charge >= 0.3 is 0 Å². The zero-order valence-corrected chi connectivity index (χ0v) is 13.2. The normalized spacial score (nSPS) is 14.5. The highest BCUT2D eigenvalue weighted by molar-refractivity contribution is 7.08. The molecule has 0 N–H and O–H groups in total. The van der Waals surface area contributed by atoms with Crippen LogP contribution in [-0.2, 0) is 11.2 Å². The number of aromatic nitrogens is 3. The summed E-state index contributed by atoms with van der Waals surface area (Å²) in [7, 11) is 0. The summed E-state index contributed by atoms with van der Waals surface area (Å²) in [6, 6.07) is 3.98. The maximum Gasteiger partial charge on any atom is 0.169 e. The van der Waals surface area contributed by atoms with Crippen LogP contribution in [0.1, 0.15) is 42.3 Å². The number of fused-ring (bicyclic) bond motifs is 3. The minimum absolute atomic E-state index is 0.139. The molecule has 0 amide bonds. The predicted octanol–water partition coefficient (Wildman–Crippen LogP) is 3.58. The lowest BCUT2D eigenvalue weighted by molar-refractivity contribution is -0.113. The molecule has 110 valence electrons. The van der Waals surface area contributed by atoms with Gasteiger partial charge in [0.15, 0.2) is 11.4 Å². The first-order valence-electron chi connectivity index (χ1n) is 7.28. The van der Waals surface area contributed by atoms with Gasteiger partial charge in [-0.25, -0.2) is 9.50 Å². The Morgan fingerprint density at radius 3 is 2.95 bits per heavy atom. The Morgan fingerprint density at radius 1 is 1.36 bits per heavy atom. The van der Waals surface area contributed by atoms with E-state index in [1.165, 1.54) is 0 Å². The topological polar surface area (TPSA) is 47.3 Å². The fourth-order valence-corrected chi connectivity index (χ4v) is 3.39. The zero-order valence-electron chi connectivity index (χ0n) is 12.4. The van der Waals surface area contributed by atoms with Gasteiger partial charge in [-0.15, -0.1) is 0 Å². The Balaban J connectivity index is 1.90. The van der Waals surface area contributed by atoms with Crippen LogP contribution < -0.4 is 0 Å². The number of allylic oxidation sites excluding steroid dienone is 1. The molecule has 0 atom stereocenters. The first-order chi connectivity index (χ1) is 10.6. The van der Waals surface area contributed by atoms with Crippen molar-refractivity contribution in [3.8, 4) is 0 Å². The lowest BCUT2D eigenvalue weighted by atomic mass is 9.92. The second kappa shape index (κ2) is 4.88. The molecule has 1 aliphatic rings. The van der Waals surface area contributed by atoms with E-state index in [0.717, 1.165) is 33.7 Å². The van der Waals surface area contributed by atoms with Crippen LogP contribution in [0.2, 0.25) is 0 Å². The summed E-state index contributed by atoms with van der Waals surface area (Å²) in [6.07, 6.45) is 4.15. The van der Waals surface area contributed by atoms with Crippen molar-refractivity contribution < 1.29 is 4.79 Å². The maximum absolute atomic E-state index is 12.5. The highest BCUT2D eigenvalue weighted by Crippen LogP contribution is 2.29. The molecule has 0 aromatic carbocycles. The van der Waals surface area contributed by atoms with Crippen LogP contribution in [0.3, 0.4) is 0 Å². The van der Waals surface area contributed by atoms with Crippen molar-refractivity contribution in [2.75, 3.05) is 0 Å². The van der Waals surface area contributed by atoms with Gasteiger partial charge in [0.05, 0.1) is 17.8 Å². The van der Waals surface area contributed by atoms with Crippen molar-refractivity contribution in [3.05, 3.63) is 51.6 Å². The molecule has 0 saturated heterocycles. The van der Waals surface area contributed by atoms with Gasteiger partial charge in [0.25, 0.3) is 0 Å². The lowest BCUT2D eigenvalue weighted by Gasteiger charge is -2.15. The van der Waals surface area contributed by atoms with Crippen LogP contribution in [0.15, 0.2) is 29.1 Å². The summed E-state index contributed by atoms with van der Waals surface area (Å²) < 4.78 is 1.82. The van der Waals surface area contributed by atoms with E-state index >= 15 is 0 Å². The van der Waals surface area contributed by atoms with E-state index in [2.05, 4.69) is 23.9 Å². The fraction of sp³-hybridized carbons (Fsp3) is 0.235. The van der Waals surface area contributed by atoms with Crippen molar-refractivity contribution in [2.45, 2.75) is 26.2 Å². The average molecular weight is 309 g/mol. The Kier molecular flexibility index (Phi) is 2.97. The number of rotatable bonds is 2. The first kappa shape index (κ1) is 13.4. The standard InChI is InChI=1S/C17H15N3OS/c1-10(2)14-6-17-18-8-12-5-13(11-3-4-22-9-11)16(21)7-15(12)20(17)19-14/h3-6,8-10H,7H2,1-2H3. The highest BCUT2D eigenvalue weighted by Gasteiger charge is 2.23. The molecule has 22 heavy (non-hydrogen) atoms. The molecule has 0 radical (unpaired) electrons. The smallest absolute Gasteiger partial charge is 0.169 e. The van der Waals surface area contributed by atoms with Gasteiger partial charge in [-0.1, -0.05) is 13.8 Å². The molecule has 3 heterocycles. The van der Waals surface area contributed by atoms with Gasteiger partial charge in [0, 0.05) is 23.4 Å². The van der Waals surface area contributed by atoms with Gasteiger partial charge in [0.2, 0.25) is 0 Å². The minimum atomic E-state index is 0.139. The van der Waals surface area contributed by atoms with Crippen molar-refractivity contribution in [1.82, 2.24) is 14.6 Å². The van der Waals surface area contributed by atoms with E-state index in [-0.39, 0.29) is 5.78 Å². The number of ketones is 1. The SMILES string of the molecule is CC(C)c1cc2ncc3c(n2n1)CC(=O)C(c1ccsc1)=C3. The van der Waals surface area contributed by atoms with Crippen LogP contribution >= 0.6 is 11.3 Å². The van der Waals surface area contributed by atoms with E-state index in [9.17, 15) is 4.79 Å². The maximum atomic E-state index is 12.5. The number of Topliss-reactive ketones (excluding diaryl/α,β-unsaturated/α-hetero) is 1. The largest absolute Gasteiger partial charge is 0.294 e. The predicted molar refractivity (Wildman–Crippen MR) is 88.0 cm³/mol. The molecule has 0 saturated carbocycles. The lowest BCUT2D eigenvalue weighted by Crippen LogP contribution is -2.16. The summed E-state index contributed by atoms with van der Waals surface area (Å²) in [6.45, 7) is 4.21. The van der Waals surface area contributed by atoms with Crippen LogP contribution in [-0.4, -0.2) is 20.4 Å². The Hall–Kier alpha value is -2.27. The third-order valence-electron chi connectivity index (χ3n) is 3.99. The van der Waals surface area contributed by atoms with Crippen molar-refractivity contribution >= 4 is 34.4 Å². The van der Waals surface area contributed by atoms with Gasteiger partial charge in [-0.3, -0.25) is 4.79 Å². The first-order valence-corrected chi connectivity index (χ1v) is 8.23. The number of carbonyl (C=O) groups is 1. The third kappa shape index (κ3) is 2.01. The van der Waals surface area contributed by atoms with E-state index in [1.807, 2.05) is 39.7 Å². The van der Waals surface area contributed by atoms with Crippen LogP contribution in [0.4, 0.5) is 0 Å². The molecule has 0 fully saturated rings. The van der Waals surface area contributed by atoms with Gasteiger partial charge in [-0.05, 0) is 34.4 Å². The third-order valence-corrected chi connectivity index (χ3v) is 4.67. The second-order valence-corrected chi connectivity index (χ2v) is 6.60. The molecule has 1 aliphatic carbocycles. The van der Waals surface area contributed by atoms with Gasteiger partial charge in [0.1, 0.15) is 0 Å².